The normalized spacial score (nSPS) is 10.7. The Morgan fingerprint density at radius 2 is 1.45 bits per heavy atom. The number of nitrogen functional groups attached to an aromatic ring is 1. The van der Waals surface area contributed by atoms with E-state index in [1.54, 1.807) is 6.20 Å². The van der Waals surface area contributed by atoms with Crippen LogP contribution in [0.3, 0.4) is 0 Å². The number of pyridine rings is 1. The Kier molecular flexibility index (Phi) is 5.62. The fourth-order valence-electron chi connectivity index (χ4n) is 3.13. The van der Waals surface area contributed by atoms with Gasteiger partial charge in [0.1, 0.15) is 12.0 Å². The van der Waals surface area contributed by atoms with Crippen molar-refractivity contribution < 1.29 is 0 Å². The minimum Gasteiger partial charge on any atom is -0.393 e. The number of nitrogens with two attached hydrogens (primary N) is 1. The van der Waals surface area contributed by atoms with Crippen molar-refractivity contribution in [2.45, 2.75) is 12.6 Å². The van der Waals surface area contributed by atoms with Crippen LogP contribution in [-0.2, 0) is 6.54 Å². The van der Waals surface area contributed by atoms with Gasteiger partial charge < -0.3 is 16.4 Å². The summed E-state index contributed by atoms with van der Waals surface area (Å²) < 4.78 is 0. The molecule has 2 aromatic heterocycles. The van der Waals surface area contributed by atoms with Crippen molar-refractivity contribution in [2.24, 2.45) is 0 Å². The van der Waals surface area contributed by atoms with E-state index in [1.807, 2.05) is 54.7 Å². The lowest BCUT2D eigenvalue weighted by molar-refractivity contribution is 0.923. The number of hydrogen-bond acceptors (Lipinski definition) is 6. The van der Waals surface area contributed by atoms with E-state index >= 15 is 0 Å². The van der Waals surface area contributed by atoms with Gasteiger partial charge in [0.25, 0.3) is 0 Å². The first-order chi connectivity index (χ1) is 14.3. The third-order valence-electron chi connectivity index (χ3n) is 4.61. The van der Waals surface area contributed by atoms with Gasteiger partial charge in [0.2, 0.25) is 0 Å². The molecule has 6 nitrogen and oxygen atoms in total. The van der Waals surface area contributed by atoms with Crippen molar-refractivity contribution in [2.75, 3.05) is 16.4 Å². The minimum atomic E-state index is -0.0826. The molecule has 2 heterocycles. The van der Waals surface area contributed by atoms with Gasteiger partial charge in [-0.1, -0.05) is 66.7 Å². The Balaban J connectivity index is 1.59. The highest BCUT2D eigenvalue weighted by Crippen LogP contribution is 2.30. The van der Waals surface area contributed by atoms with Crippen LogP contribution in [0.5, 0.6) is 0 Å². The molecule has 4 aromatic rings. The maximum atomic E-state index is 6.39. The first kappa shape index (κ1) is 18.4. The van der Waals surface area contributed by atoms with Crippen LogP contribution in [0, 0.1) is 0 Å². The Morgan fingerprint density at radius 1 is 0.793 bits per heavy atom. The summed E-state index contributed by atoms with van der Waals surface area (Å²) in [7, 11) is 0. The summed E-state index contributed by atoms with van der Waals surface area (Å²) in [5, 5.41) is 6.76. The highest BCUT2D eigenvalue weighted by molar-refractivity contribution is 5.74. The van der Waals surface area contributed by atoms with Gasteiger partial charge >= 0.3 is 0 Å². The predicted octanol–water partition coefficient (Wildman–Crippen LogP) is 4.27. The topological polar surface area (TPSA) is 88.8 Å². The lowest BCUT2D eigenvalue weighted by Crippen LogP contribution is -2.16. The fraction of sp³-hybridized carbons (Fsp3) is 0.0870. The number of anilines is 3. The first-order valence-corrected chi connectivity index (χ1v) is 9.41. The van der Waals surface area contributed by atoms with Crippen molar-refractivity contribution in [3.63, 3.8) is 0 Å². The molecule has 0 saturated carbocycles. The molecule has 0 radical (unpaired) electrons. The van der Waals surface area contributed by atoms with Crippen molar-refractivity contribution in [3.05, 3.63) is 108 Å². The van der Waals surface area contributed by atoms with Crippen molar-refractivity contribution in [1.82, 2.24) is 15.0 Å². The number of benzene rings is 2. The SMILES string of the molecule is Nc1c(NCc2cccnc2)ncnc1NC(c1ccccc1)c1ccccc1. The molecule has 0 atom stereocenters. The van der Waals surface area contributed by atoms with E-state index in [9.17, 15) is 0 Å². The smallest absolute Gasteiger partial charge is 0.155 e. The van der Waals surface area contributed by atoms with E-state index in [4.69, 9.17) is 5.73 Å². The van der Waals surface area contributed by atoms with E-state index in [0.717, 1.165) is 16.7 Å². The number of rotatable bonds is 7. The van der Waals surface area contributed by atoms with E-state index in [1.165, 1.54) is 6.33 Å². The van der Waals surface area contributed by atoms with Crippen LogP contribution >= 0.6 is 0 Å². The minimum absolute atomic E-state index is 0.0826. The summed E-state index contributed by atoms with van der Waals surface area (Å²) in [6.07, 6.45) is 5.07. The van der Waals surface area contributed by atoms with Gasteiger partial charge in [-0.3, -0.25) is 4.98 Å². The van der Waals surface area contributed by atoms with E-state index in [2.05, 4.69) is 49.9 Å². The molecule has 144 valence electrons. The molecule has 0 spiro atoms. The van der Waals surface area contributed by atoms with Crippen LogP contribution in [-0.4, -0.2) is 15.0 Å². The van der Waals surface area contributed by atoms with Gasteiger partial charge in [-0.25, -0.2) is 9.97 Å². The van der Waals surface area contributed by atoms with Gasteiger partial charge in [-0.15, -0.1) is 0 Å². The zero-order valence-electron chi connectivity index (χ0n) is 15.9. The average molecular weight is 382 g/mol. The van der Waals surface area contributed by atoms with Crippen LogP contribution in [0.2, 0.25) is 0 Å². The summed E-state index contributed by atoms with van der Waals surface area (Å²) in [4.78, 5) is 12.8. The second-order valence-corrected chi connectivity index (χ2v) is 6.60. The molecule has 0 fully saturated rings. The quantitative estimate of drug-likeness (QED) is 0.442. The summed E-state index contributed by atoms with van der Waals surface area (Å²) in [5.41, 5.74) is 10.2. The average Bonchev–Trinajstić information content (AvgIpc) is 2.79. The number of hydrogen-bond donors (Lipinski definition) is 3. The summed E-state index contributed by atoms with van der Waals surface area (Å²) in [6, 6.07) is 24.3. The molecule has 29 heavy (non-hydrogen) atoms. The van der Waals surface area contributed by atoms with Crippen LogP contribution in [0.1, 0.15) is 22.7 Å². The molecular formula is C23H22N6. The molecular weight excluding hydrogens is 360 g/mol. The highest BCUT2D eigenvalue weighted by atomic mass is 15.1. The van der Waals surface area contributed by atoms with E-state index < -0.39 is 0 Å². The van der Waals surface area contributed by atoms with Gasteiger partial charge in [0, 0.05) is 18.9 Å². The predicted molar refractivity (Wildman–Crippen MR) is 116 cm³/mol. The summed E-state index contributed by atoms with van der Waals surface area (Å²) in [5.74, 6) is 1.18. The maximum absolute atomic E-state index is 6.39. The third kappa shape index (κ3) is 4.50. The molecule has 0 aliphatic rings. The molecule has 0 aliphatic heterocycles. The zero-order valence-corrected chi connectivity index (χ0v) is 15.9. The first-order valence-electron chi connectivity index (χ1n) is 9.41. The largest absolute Gasteiger partial charge is 0.393 e. The van der Waals surface area contributed by atoms with Gasteiger partial charge in [-0.2, -0.15) is 0 Å². The molecule has 0 aliphatic carbocycles. The highest BCUT2D eigenvalue weighted by Gasteiger charge is 2.17. The molecule has 0 bridgehead atoms. The van der Waals surface area contributed by atoms with Crippen LogP contribution in [0.15, 0.2) is 91.5 Å². The lowest BCUT2D eigenvalue weighted by Gasteiger charge is -2.22. The third-order valence-corrected chi connectivity index (χ3v) is 4.61. The summed E-state index contributed by atoms with van der Waals surface area (Å²) in [6.45, 7) is 0.579. The maximum Gasteiger partial charge on any atom is 0.155 e. The monoisotopic (exact) mass is 382 g/mol. The Labute approximate surface area is 169 Å². The molecule has 4 rings (SSSR count). The molecule has 0 unspecified atom stereocenters. The Morgan fingerprint density at radius 3 is 2.07 bits per heavy atom. The second kappa shape index (κ2) is 8.84. The van der Waals surface area contributed by atoms with E-state index in [-0.39, 0.29) is 6.04 Å². The lowest BCUT2D eigenvalue weighted by atomic mass is 9.99. The Hall–Kier alpha value is -3.93. The van der Waals surface area contributed by atoms with Crippen LogP contribution in [0.4, 0.5) is 17.3 Å². The Bertz CT molecular complexity index is 999. The molecule has 4 N–H and O–H groups in total. The van der Waals surface area contributed by atoms with Gasteiger partial charge in [0.15, 0.2) is 11.6 Å². The van der Waals surface area contributed by atoms with Gasteiger partial charge in [-0.05, 0) is 22.8 Å². The fourth-order valence-corrected chi connectivity index (χ4v) is 3.13. The summed E-state index contributed by atoms with van der Waals surface area (Å²) >= 11 is 0. The standard InChI is InChI=1S/C23H22N6/c24-20-22(26-15-17-8-7-13-25-14-17)27-16-28-23(20)29-21(18-9-3-1-4-10-18)19-11-5-2-6-12-19/h1-14,16,21H,15,24H2,(H2,26,27,28,29). The van der Waals surface area contributed by atoms with E-state index in [0.29, 0.717) is 23.9 Å². The van der Waals surface area contributed by atoms with Crippen molar-refractivity contribution in [1.29, 1.82) is 0 Å². The number of nitrogens with one attached hydrogen (secondary N) is 2. The van der Waals surface area contributed by atoms with Crippen LogP contribution in [0.25, 0.3) is 0 Å². The molecule has 0 amide bonds. The molecule has 0 saturated heterocycles. The zero-order chi connectivity index (χ0) is 19.9. The molecule has 6 heteroatoms. The van der Waals surface area contributed by atoms with Crippen molar-refractivity contribution in [3.8, 4) is 0 Å². The van der Waals surface area contributed by atoms with Crippen molar-refractivity contribution >= 4 is 17.3 Å². The van der Waals surface area contributed by atoms with Gasteiger partial charge in [0.05, 0.1) is 6.04 Å². The number of aromatic nitrogens is 3. The molecule has 2 aromatic carbocycles. The second-order valence-electron chi connectivity index (χ2n) is 6.60. The number of nitrogens with zero attached hydrogens (tertiary/aromatic N) is 3. The van der Waals surface area contributed by atoms with Crippen LogP contribution < -0.4 is 16.4 Å².